The summed E-state index contributed by atoms with van der Waals surface area (Å²) in [5.41, 5.74) is 3.35. The standard InChI is InChI=1S/C15H18N4O/c1-20-14-12-7-8-16-10-13(12)18-15(19-14)17-9-11-5-3-2-4-6-11/h2-6,16H,7-10H2,1H3,(H,17,18,19). The van der Waals surface area contributed by atoms with Gasteiger partial charge in [-0.3, -0.25) is 0 Å². The minimum absolute atomic E-state index is 0.619. The van der Waals surface area contributed by atoms with Gasteiger partial charge in [0.25, 0.3) is 0 Å². The molecule has 2 aromatic rings. The van der Waals surface area contributed by atoms with Crippen molar-refractivity contribution in [1.82, 2.24) is 15.3 Å². The Morgan fingerprint density at radius 1 is 1.25 bits per heavy atom. The van der Waals surface area contributed by atoms with Crippen LogP contribution in [0.15, 0.2) is 30.3 Å². The van der Waals surface area contributed by atoms with Crippen LogP contribution in [-0.2, 0) is 19.5 Å². The maximum Gasteiger partial charge on any atom is 0.226 e. The molecule has 0 fully saturated rings. The summed E-state index contributed by atoms with van der Waals surface area (Å²) in [5, 5.41) is 6.58. The Bertz CT molecular complexity index is 569. The number of nitrogens with one attached hydrogen (secondary N) is 2. The Hall–Kier alpha value is -2.14. The van der Waals surface area contributed by atoms with Crippen molar-refractivity contribution in [1.29, 1.82) is 0 Å². The van der Waals surface area contributed by atoms with Gasteiger partial charge in [-0.1, -0.05) is 30.3 Å². The van der Waals surface area contributed by atoms with E-state index in [4.69, 9.17) is 4.74 Å². The first-order valence-corrected chi connectivity index (χ1v) is 6.79. The average molecular weight is 270 g/mol. The third-order valence-corrected chi connectivity index (χ3v) is 3.39. The third-order valence-electron chi connectivity index (χ3n) is 3.39. The lowest BCUT2D eigenvalue weighted by molar-refractivity contribution is 0.387. The van der Waals surface area contributed by atoms with E-state index >= 15 is 0 Å². The summed E-state index contributed by atoms with van der Waals surface area (Å²) in [7, 11) is 1.66. The van der Waals surface area contributed by atoms with E-state index in [1.807, 2.05) is 18.2 Å². The first-order valence-electron chi connectivity index (χ1n) is 6.79. The van der Waals surface area contributed by atoms with Crippen molar-refractivity contribution in [2.45, 2.75) is 19.5 Å². The molecule has 3 rings (SSSR count). The first-order chi connectivity index (χ1) is 9.86. The molecule has 1 aliphatic heterocycles. The molecule has 1 aromatic heterocycles. The number of anilines is 1. The van der Waals surface area contributed by atoms with E-state index < -0.39 is 0 Å². The molecule has 1 aromatic carbocycles. The Morgan fingerprint density at radius 2 is 2.10 bits per heavy atom. The monoisotopic (exact) mass is 270 g/mol. The molecule has 2 heterocycles. The van der Waals surface area contributed by atoms with Gasteiger partial charge >= 0.3 is 0 Å². The van der Waals surface area contributed by atoms with Gasteiger partial charge in [-0.15, -0.1) is 0 Å². The van der Waals surface area contributed by atoms with Gasteiger partial charge in [0.1, 0.15) is 0 Å². The predicted octanol–water partition coefficient (Wildman–Crippen LogP) is 1.74. The predicted molar refractivity (Wildman–Crippen MR) is 77.8 cm³/mol. The van der Waals surface area contributed by atoms with Crippen LogP contribution in [-0.4, -0.2) is 23.6 Å². The minimum Gasteiger partial charge on any atom is -0.481 e. The van der Waals surface area contributed by atoms with E-state index in [0.29, 0.717) is 18.4 Å². The van der Waals surface area contributed by atoms with Crippen molar-refractivity contribution >= 4 is 5.95 Å². The molecule has 5 heteroatoms. The molecule has 20 heavy (non-hydrogen) atoms. The fourth-order valence-corrected chi connectivity index (χ4v) is 2.35. The lowest BCUT2D eigenvalue weighted by atomic mass is 10.1. The molecule has 0 saturated carbocycles. The van der Waals surface area contributed by atoms with E-state index in [9.17, 15) is 0 Å². The fraction of sp³-hybridized carbons (Fsp3) is 0.333. The highest BCUT2D eigenvalue weighted by Gasteiger charge is 2.17. The molecule has 2 N–H and O–H groups in total. The van der Waals surface area contributed by atoms with Gasteiger partial charge in [0, 0.05) is 18.7 Å². The fourth-order valence-electron chi connectivity index (χ4n) is 2.35. The van der Waals surface area contributed by atoms with Crippen LogP contribution < -0.4 is 15.4 Å². The van der Waals surface area contributed by atoms with Gasteiger partial charge in [-0.05, 0) is 18.5 Å². The second-order valence-electron chi connectivity index (χ2n) is 4.75. The number of benzene rings is 1. The van der Waals surface area contributed by atoms with Gasteiger partial charge in [-0.25, -0.2) is 4.98 Å². The van der Waals surface area contributed by atoms with Crippen molar-refractivity contribution in [3.8, 4) is 5.88 Å². The molecule has 0 bridgehead atoms. The number of methoxy groups -OCH3 is 1. The number of hydrogen-bond donors (Lipinski definition) is 2. The number of aromatic nitrogens is 2. The third kappa shape index (κ3) is 2.72. The summed E-state index contributed by atoms with van der Waals surface area (Å²) in [6.45, 7) is 2.42. The van der Waals surface area contributed by atoms with Crippen molar-refractivity contribution in [2.24, 2.45) is 0 Å². The summed E-state index contributed by atoms with van der Waals surface area (Å²) in [6, 6.07) is 10.2. The van der Waals surface area contributed by atoms with E-state index in [2.05, 4.69) is 32.7 Å². The Labute approximate surface area is 118 Å². The van der Waals surface area contributed by atoms with Crippen LogP contribution in [0, 0.1) is 0 Å². The van der Waals surface area contributed by atoms with Crippen LogP contribution in [0.3, 0.4) is 0 Å². The Balaban J connectivity index is 1.79. The maximum absolute atomic E-state index is 5.39. The van der Waals surface area contributed by atoms with Gasteiger partial charge in [-0.2, -0.15) is 4.98 Å². The van der Waals surface area contributed by atoms with Crippen LogP contribution in [0.4, 0.5) is 5.95 Å². The zero-order valence-electron chi connectivity index (χ0n) is 11.5. The first kappa shape index (κ1) is 12.9. The largest absolute Gasteiger partial charge is 0.481 e. The lowest BCUT2D eigenvalue weighted by Gasteiger charge is -2.19. The molecule has 5 nitrogen and oxygen atoms in total. The van der Waals surface area contributed by atoms with E-state index in [-0.39, 0.29) is 0 Å². The zero-order chi connectivity index (χ0) is 13.8. The van der Waals surface area contributed by atoms with Crippen LogP contribution >= 0.6 is 0 Å². The summed E-state index contributed by atoms with van der Waals surface area (Å²) in [6.07, 6.45) is 0.914. The molecule has 0 spiro atoms. The molecular formula is C15H18N4O. The zero-order valence-corrected chi connectivity index (χ0v) is 11.5. The molecule has 0 saturated heterocycles. The number of rotatable bonds is 4. The molecule has 1 aliphatic rings. The lowest BCUT2D eigenvalue weighted by Crippen LogP contribution is -2.26. The highest BCUT2D eigenvalue weighted by molar-refractivity contribution is 5.40. The smallest absolute Gasteiger partial charge is 0.226 e. The highest BCUT2D eigenvalue weighted by atomic mass is 16.5. The second-order valence-corrected chi connectivity index (χ2v) is 4.75. The Morgan fingerprint density at radius 3 is 2.90 bits per heavy atom. The molecule has 0 unspecified atom stereocenters. The minimum atomic E-state index is 0.619. The van der Waals surface area contributed by atoms with Crippen molar-refractivity contribution in [3.05, 3.63) is 47.2 Å². The van der Waals surface area contributed by atoms with Crippen LogP contribution in [0.1, 0.15) is 16.8 Å². The second kappa shape index (κ2) is 5.88. The van der Waals surface area contributed by atoms with Crippen LogP contribution in [0.2, 0.25) is 0 Å². The average Bonchev–Trinajstić information content (AvgIpc) is 2.53. The van der Waals surface area contributed by atoms with E-state index in [1.54, 1.807) is 7.11 Å². The van der Waals surface area contributed by atoms with Gasteiger partial charge in [0.15, 0.2) is 0 Å². The summed E-state index contributed by atoms with van der Waals surface area (Å²) >= 11 is 0. The molecule has 0 amide bonds. The molecule has 104 valence electrons. The Kier molecular flexibility index (Phi) is 3.78. The quantitative estimate of drug-likeness (QED) is 0.886. The number of fused-ring (bicyclic) bond motifs is 1. The van der Waals surface area contributed by atoms with E-state index in [1.165, 1.54) is 5.56 Å². The highest BCUT2D eigenvalue weighted by Crippen LogP contribution is 2.23. The van der Waals surface area contributed by atoms with Crippen molar-refractivity contribution in [3.63, 3.8) is 0 Å². The number of hydrogen-bond acceptors (Lipinski definition) is 5. The van der Waals surface area contributed by atoms with E-state index in [0.717, 1.165) is 30.8 Å². The van der Waals surface area contributed by atoms with Crippen LogP contribution in [0.25, 0.3) is 0 Å². The molecule has 0 atom stereocenters. The van der Waals surface area contributed by atoms with Gasteiger partial charge < -0.3 is 15.4 Å². The van der Waals surface area contributed by atoms with Crippen molar-refractivity contribution < 1.29 is 4.74 Å². The van der Waals surface area contributed by atoms with Gasteiger partial charge in [0.05, 0.1) is 12.8 Å². The van der Waals surface area contributed by atoms with Crippen molar-refractivity contribution in [2.75, 3.05) is 19.0 Å². The summed E-state index contributed by atoms with van der Waals surface area (Å²) in [4.78, 5) is 9.02. The topological polar surface area (TPSA) is 59.1 Å². The summed E-state index contributed by atoms with van der Waals surface area (Å²) < 4.78 is 5.39. The van der Waals surface area contributed by atoms with Crippen LogP contribution in [0.5, 0.6) is 5.88 Å². The SMILES string of the molecule is COc1nc(NCc2ccccc2)nc2c1CCNC2. The number of ether oxygens (including phenoxy) is 1. The normalized spacial score (nSPS) is 13.7. The van der Waals surface area contributed by atoms with Gasteiger partial charge in [0.2, 0.25) is 11.8 Å². The molecule has 0 radical (unpaired) electrons. The maximum atomic E-state index is 5.39. The molecule has 0 aliphatic carbocycles. The summed E-state index contributed by atoms with van der Waals surface area (Å²) in [5.74, 6) is 1.31. The molecular weight excluding hydrogens is 252 g/mol. The number of nitrogens with zero attached hydrogens (tertiary/aromatic N) is 2.